The van der Waals surface area contributed by atoms with Crippen LogP contribution in [0.4, 0.5) is 10.1 Å². The first-order chi connectivity index (χ1) is 7.95. The number of hydrogen-bond acceptors (Lipinski definition) is 4. The fourth-order valence-corrected chi connectivity index (χ4v) is 1.55. The van der Waals surface area contributed by atoms with Gasteiger partial charge < -0.3 is 14.7 Å². The molecule has 1 aromatic rings. The predicted octanol–water partition coefficient (Wildman–Crippen LogP) is 1.49. The number of methoxy groups -OCH3 is 1. The summed E-state index contributed by atoms with van der Waals surface area (Å²) in [7, 11) is 4.80. The van der Waals surface area contributed by atoms with E-state index < -0.39 is 17.9 Å². The lowest BCUT2D eigenvalue weighted by Crippen LogP contribution is -2.15. The highest BCUT2D eigenvalue weighted by molar-refractivity contribution is 5.70. The van der Waals surface area contributed by atoms with Crippen LogP contribution in [0.15, 0.2) is 18.2 Å². The van der Waals surface area contributed by atoms with Crippen LogP contribution in [-0.2, 0) is 9.53 Å². The minimum Gasteiger partial charge on any atom is -0.469 e. The highest BCUT2D eigenvalue weighted by Gasteiger charge is 2.18. The van der Waals surface area contributed by atoms with Crippen molar-refractivity contribution in [3.05, 3.63) is 29.6 Å². The van der Waals surface area contributed by atoms with E-state index in [0.29, 0.717) is 11.3 Å². The standard InChI is InChI=1S/C12H16FNO3/c1-14(2)10-5-4-8(13)6-9(10)11(15)7-12(16)17-3/h4-6,11,15H,7H2,1-3H3/t11-/m0/s1. The van der Waals surface area contributed by atoms with Gasteiger partial charge in [-0.1, -0.05) is 0 Å². The van der Waals surface area contributed by atoms with Gasteiger partial charge in [0.15, 0.2) is 0 Å². The lowest BCUT2D eigenvalue weighted by Gasteiger charge is -2.20. The average Bonchev–Trinajstić information content (AvgIpc) is 2.28. The number of anilines is 1. The van der Waals surface area contributed by atoms with Crippen molar-refractivity contribution < 1.29 is 19.0 Å². The molecular weight excluding hydrogens is 225 g/mol. The van der Waals surface area contributed by atoms with E-state index in [2.05, 4.69) is 4.74 Å². The summed E-state index contributed by atoms with van der Waals surface area (Å²) in [5.41, 5.74) is 1.04. The number of hydrogen-bond donors (Lipinski definition) is 1. The molecule has 5 heteroatoms. The van der Waals surface area contributed by atoms with Gasteiger partial charge in [0.1, 0.15) is 5.82 Å². The molecule has 0 radical (unpaired) electrons. The van der Waals surface area contributed by atoms with Crippen molar-refractivity contribution >= 4 is 11.7 Å². The zero-order valence-electron chi connectivity index (χ0n) is 10.1. The van der Waals surface area contributed by atoms with Crippen LogP contribution >= 0.6 is 0 Å². The Kier molecular flexibility index (Phi) is 4.45. The molecule has 1 N–H and O–H groups in total. The number of esters is 1. The Morgan fingerprint density at radius 3 is 2.71 bits per heavy atom. The van der Waals surface area contributed by atoms with Crippen molar-refractivity contribution in [3.8, 4) is 0 Å². The van der Waals surface area contributed by atoms with Gasteiger partial charge >= 0.3 is 5.97 Å². The molecule has 0 aliphatic rings. The van der Waals surface area contributed by atoms with Gasteiger partial charge in [0, 0.05) is 25.3 Å². The molecule has 0 aliphatic carbocycles. The second-order valence-electron chi connectivity index (χ2n) is 3.89. The van der Waals surface area contributed by atoms with Crippen molar-refractivity contribution in [2.75, 3.05) is 26.1 Å². The third kappa shape index (κ3) is 3.42. The van der Waals surface area contributed by atoms with Crippen molar-refractivity contribution in [3.63, 3.8) is 0 Å². The lowest BCUT2D eigenvalue weighted by molar-refractivity contribution is -0.142. The summed E-state index contributed by atoms with van der Waals surface area (Å²) in [5, 5.41) is 9.88. The van der Waals surface area contributed by atoms with Gasteiger partial charge in [-0.05, 0) is 18.2 Å². The largest absolute Gasteiger partial charge is 0.469 e. The van der Waals surface area contributed by atoms with Crippen molar-refractivity contribution in [1.29, 1.82) is 0 Å². The smallest absolute Gasteiger partial charge is 0.308 e. The molecule has 0 aliphatic heterocycles. The van der Waals surface area contributed by atoms with Crippen LogP contribution in [0.5, 0.6) is 0 Å². The van der Waals surface area contributed by atoms with Crippen molar-refractivity contribution in [1.82, 2.24) is 0 Å². The van der Waals surface area contributed by atoms with Crippen molar-refractivity contribution in [2.24, 2.45) is 0 Å². The molecule has 0 saturated heterocycles. The van der Waals surface area contributed by atoms with Crippen LogP contribution in [0.1, 0.15) is 18.1 Å². The van der Waals surface area contributed by atoms with Gasteiger partial charge in [0.25, 0.3) is 0 Å². The van der Waals surface area contributed by atoms with Gasteiger partial charge in [-0.2, -0.15) is 0 Å². The SMILES string of the molecule is COC(=O)C[C@H](O)c1cc(F)ccc1N(C)C. The van der Waals surface area contributed by atoms with Gasteiger partial charge in [0.05, 0.1) is 19.6 Å². The summed E-state index contributed by atoms with van der Waals surface area (Å²) in [6.45, 7) is 0. The summed E-state index contributed by atoms with van der Waals surface area (Å²) >= 11 is 0. The van der Waals surface area contributed by atoms with E-state index in [1.54, 1.807) is 25.1 Å². The summed E-state index contributed by atoms with van der Waals surface area (Å²) in [6.07, 6.45) is -1.27. The number of nitrogens with zero attached hydrogens (tertiary/aromatic N) is 1. The fraction of sp³-hybridized carbons (Fsp3) is 0.417. The molecule has 0 amide bonds. The molecule has 0 fully saturated rings. The number of halogens is 1. The molecule has 0 spiro atoms. The number of carbonyl (C=O) groups is 1. The fourth-order valence-electron chi connectivity index (χ4n) is 1.55. The topological polar surface area (TPSA) is 49.8 Å². The Labute approximate surface area is 99.6 Å². The zero-order chi connectivity index (χ0) is 13.0. The first kappa shape index (κ1) is 13.4. The van der Waals surface area contributed by atoms with Gasteiger partial charge in [0.2, 0.25) is 0 Å². The minimum atomic E-state index is -1.07. The molecule has 17 heavy (non-hydrogen) atoms. The highest BCUT2D eigenvalue weighted by atomic mass is 19.1. The van der Waals surface area contributed by atoms with Crippen LogP contribution in [0, 0.1) is 5.82 Å². The predicted molar refractivity (Wildman–Crippen MR) is 62.3 cm³/mol. The molecule has 1 aromatic carbocycles. The molecule has 1 atom stereocenters. The molecular formula is C12H16FNO3. The second kappa shape index (κ2) is 5.63. The lowest BCUT2D eigenvalue weighted by atomic mass is 10.0. The number of benzene rings is 1. The van der Waals surface area contributed by atoms with Crippen LogP contribution in [0.3, 0.4) is 0 Å². The number of rotatable bonds is 4. The van der Waals surface area contributed by atoms with E-state index in [4.69, 9.17) is 0 Å². The van der Waals surface area contributed by atoms with E-state index in [1.165, 1.54) is 19.2 Å². The average molecular weight is 241 g/mol. The summed E-state index contributed by atoms with van der Waals surface area (Å²) in [6, 6.07) is 4.10. The van der Waals surface area contributed by atoms with Gasteiger partial charge in [-0.25, -0.2) is 4.39 Å². The number of aliphatic hydroxyl groups excluding tert-OH is 1. The first-order valence-electron chi connectivity index (χ1n) is 5.17. The van der Waals surface area contributed by atoms with E-state index in [9.17, 15) is 14.3 Å². The number of carbonyl (C=O) groups excluding carboxylic acids is 1. The molecule has 4 nitrogen and oxygen atoms in total. The molecule has 0 saturated carbocycles. The first-order valence-corrected chi connectivity index (χ1v) is 5.17. The van der Waals surface area contributed by atoms with Crippen LogP contribution in [-0.4, -0.2) is 32.3 Å². The van der Waals surface area contributed by atoms with Gasteiger partial charge in [-0.15, -0.1) is 0 Å². The van der Waals surface area contributed by atoms with Crippen LogP contribution in [0.25, 0.3) is 0 Å². The van der Waals surface area contributed by atoms with Gasteiger partial charge in [-0.3, -0.25) is 4.79 Å². The molecule has 1 rings (SSSR count). The number of aliphatic hydroxyl groups is 1. The summed E-state index contributed by atoms with van der Waals surface area (Å²) < 4.78 is 17.6. The molecule has 94 valence electrons. The van der Waals surface area contributed by atoms with E-state index in [1.807, 2.05) is 0 Å². The molecule has 0 aromatic heterocycles. The Morgan fingerprint density at radius 2 is 2.18 bits per heavy atom. The minimum absolute atomic E-state index is 0.194. The molecule has 0 unspecified atom stereocenters. The van der Waals surface area contributed by atoms with Crippen LogP contribution < -0.4 is 4.90 Å². The molecule has 0 heterocycles. The Hall–Kier alpha value is -1.62. The maximum Gasteiger partial charge on any atom is 0.308 e. The maximum absolute atomic E-state index is 13.1. The maximum atomic E-state index is 13.1. The third-order valence-corrected chi connectivity index (χ3v) is 2.42. The van der Waals surface area contributed by atoms with Crippen LogP contribution in [0.2, 0.25) is 0 Å². The van der Waals surface area contributed by atoms with E-state index >= 15 is 0 Å². The monoisotopic (exact) mass is 241 g/mol. The third-order valence-electron chi connectivity index (χ3n) is 2.42. The van der Waals surface area contributed by atoms with E-state index in [-0.39, 0.29) is 6.42 Å². The van der Waals surface area contributed by atoms with Crippen molar-refractivity contribution in [2.45, 2.75) is 12.5 Å². The Balaban J connectivity index is 3.01. The summed E-state index contributed by atoms with van der Waals surface area (Å²) in [4.78, 5) is 12.8. The summed E-state index contributed by atoms with van der Waals surface area (Å²) in [5.74, 6) is -0.985. The second-order valence-corrected chi connectivity index (χ2v) is 3.89. The normalized spacial score (nSPS) is 12.1. The number of ether oxygens (including phenoxy) is 1. The Morgan fingerprint density at radius 1 is 1.53 bits per heavy atom. The molecule has 0 bridgehead atoms. The quantitative estimate of drug-likeness (QED) is 0.811. The van der Waals surface area contributed by atoms with E-state index in [0.717, 1.165) is 0 Å². The zero-order valence-corrected chi connectivity index (χ0v) is 10.1. The Bertz CT molecular complexity index is 407. The highest BCUT2D eigenvalue weighted by Crippen LogP contribution is 2.28.